The Bertz CT molecular complexity index is 267. The second kappa shape index (κ2) is 4.21. The summed E-state index contributed by atoms with van der Waals surface area (Å²) in [5.41, 5.74) is 0.197. The van der Waals surface area contributed by atoms with Crippen LogP contribution >= 0.6 is 0 Å². The second-order valence-electron chi connectivity index (χ2n) is 5.39. The number of aliphatic carboxylic acids is 1. The van der Waals surface area contributed by atoms with Crippen molar-refractivity contribution in [3.63, 3.8) is 0 Å². The van der Waals surface area contributed by atoms with E-state index in [0.717, 1.165) is 6.42 Å². The first-order chi connectivity index (χ1) is 6.81. The summed E-state index contributed by atoms with van der Waals surface area (Å²) >= 11 is 0. The predicted octanol–water partition coefficient (Wildman–Crippen LogP) is 1.26. The molecule has 1 fully saturated rings. The smallest absolute Gasteiger partial charge is 0.307 e. The lowest BCUT2D eigenvalue weighted by atomic mass is 9.92. The molecule has 0 spiro atoms. The molecule has 0 heterocycles. The molecule has 86 valence electrons. The highest BCUT2D eigenvalue weighted by Gasteiger charge is 2.48. The number of rotatable bonds is 4. The minimum absolute atomic E-state index is 0.105. The largest absolute Gasteiger partial charge is 0.481 e. The molecule has 1 amide bonds. The average Bonchev–Trinajstić information content (AvgIpc) is 2.79. The van der Waals surface area contributed by atoms with Crippen LogP contribution in [0.4, 0.5) is 0 Å². The molecule has 4 nitrogen and oxygen atoms in total. The minimum atomic E-state index is -0.856. The first kappa shape index (κ1) is 12.0. The third kappa shape index (κ3) is 3.90. The molecule has 15 heavy (non-hydrogen) atoms. The predicted molar refractivity (Wildman–Crippen MR) is 56.3 cm³/mol. The summed E-state index contributed by atoms with van der Waals surface area (Å²) in [5.74, 6) is -1.69. The van der Waals surface area contributed by atoms with Gasteiger partial charge in [-0.15, -0.1) is 0 Å². The molecule has 2 N–H and O–H groups in total. The Balaban J connectivity index is 2.19. The second-order valence-corrected chi connectivity index (χ2v) is 5.39. The molecule has 2 atom stereocenters. The van der Waals surface area contributed by atoms with E-state index in [0.29, 0.717) is 13.0 Å². The first-order valence-electron chi connectivity index (χ1n) is 5.32. The van der Waals surface area contributed by atoms with Crippen molar-refractivity contribution in [3.8, 4) is 0 Å². The maximum atomic E-state index is 11.4. The van der Waals surface area contributed by atoms with E-state index in [9.17, 15) is 9.59 Å². The molecule has 0 bridgehead atoms. The Hall–Kier alpha value is -1.06. The number of carbonyl (C=O) groups is 2. The summed E-state index contributed by atoms with van der Waals surface area (Å²) in [7, 11) is 0. The third-order valence-electron chi connectivity index (χ3n) is 2.62. The molecule has 4 heteroatoms. The average molecular weight is 213 g/mol. The summed E-state index contributed by atoms with van der Waals surface area (Å²) in [4.78, 5) is 22.0. The van der Waals surface area contributed by atoms with E-state index in [1.165, 1.54) is 0 Å². The zero-order valence-electron chi connectivity index (χ0n) is 9.54. The van der Waals surface area contributed by atoms with E-state index in [4.69, 9.17) is 5.11 Å². The molecule has 0 aliphatic heterocycles. The van der Waals surface area contributed by atoms with Crippen molar-refractivity contribution < 1.29 is 14.7 Å². The van der Waals surface area contributed by atoms with Gasteiger partial charge in [-0.1, -0.05) is 20.8 Å². The molecule has 0 aromatic carbocycles. The molecule has 0 radical (unpaired) electrons. The summed E-state index contributed by atoms with van der Waals surface area (Å²) in [5, 5.41) is 11.4. The van der Waals surface area contributed by atoms with Gasteiger partial charge in [-0.3, -0.25) is 9.59 Å². The lowest BCUT2D eigenvalue weighted by molar-refractivity contribution is -0.140. The van der Waals surface area contributed by atoms with Gasteiger partial charge in [-0.05, 0) is 18.3 Å². The van der Waals surface area contributed by atoms with Crippen LogP contribution in [0.3, 0.4) is 0 Å². The SMILES string of the molecule is CC(C)(C)CCNC(=O)[C@@H]1C[C@@H]1C(=O)O. The number of carbonyl (C=O) groups excluding carboxylic acids is 1. The molecule has 1 aliphatic carbocycles. The summed E-state index contributed by atoms with van der Waals surface area (Å²) in [6.07, 6.45) is 1.40. The Labute approximate surface area is 90.0 Å². The molecular formula is C11H19NO3. The molecule has 0 aromatic rings. The van der Waals surface area contributed by atoms with Crippen LogP contribution in [-0.4, -0.2) is 23.5 Å². The van der Waals surface area contributed by atoms with Crippen molar-refractivity contribution in [1.82, 2.24) is 5.32 Å². The van der Waals surface area contributed by atoms with Crippen molar-refractivity contribution in [1.29, 1.82) is 0 Å². The van der Waals surface area contributed by atoms with Crippen LogP contribution in [0, 0.1) is 17.3 Å². The van der Waals surface area contributed by atoms with E-state index in [2.05, 4.69) is 26.1 Å². The molecule has 1 aliphatic rings. The van der Waals surface area contributed by atoms with Crippen molar-refractivity contribution in [2.24, 2.45) is 17.3 Å². The highest BCUT2D eigenvalue weighted by molar-refractivity contribution is 5.89. The minimum Gasteiger partial charge on any atom is -0.481 e. The lowest BCUT2D eigenvalue weighted by Crippen LogP contribution is -2.29. The Kier molecular flexibility index (Phi) is 3.37. The zero-order chi connectivity index (χ0) is 11.6. The van der Waals surface area contributed by atoms with Crippen LogP contribution in [0.1, 0.15) is 33.6 Å². The van der Waals surface area contributed by atoms with E-state index in [1.54, 1.807) is 0 Å². The van der Waals surface area contributed by atoms with Crippen molar-refractivity contribution in [3.05, 3.63) is 0 Å². The zero-order valence-corrected chi connectivity index (χ0v) is 9.54. The van der Waals surface area contributed by atoms with Gasteiger partial charge < -0.3 is 10.4 Å². The summed E-state index contributed by atoms with van der Waals surface area (Å²) in [6, 6.07) is 0. The topological polar surface area (TPSA) is 66.4 Å². The molecular weight excluding hydrogens is 194 g/mol. The Morgan fingerprint density at radius 3 is 2.33 bits per heavy atom. The number of carboxylic acid groups (broad SMARTS) is 1. The van der Waals surface area contributed by atoms with Crippen molar-refractivity contribution >= 4 is 11.9 Å². The first-order valence-corrected chi connectivity index (χ1v) is 5.32. The fourth-order valence-electron chi connectivity index (χ4n) is 1.45. The maximum absolute atomic E-state index is 11.4. The monoisotopic (exact) mass is 213 g/mol. The van der Waals surface area contributed by atoms with Gasteiger partial charge in [0, 0.05) is 6.54 Å². The normalized spacial score (nSPS) is 24.7. The fraction of sp³-hybridized carbons (Fsp3) is 0.818. The number of hydrogen-bond acceptors (Lipinski definition) is 2. The quantitative estimate of drug-likeness (QED) is 0.738. The van der Waals surface area contributed by atoms with Crippen LogP contribution in [0.5, 0.6) is 0 Å². The van der Waals surface area contributed by atoms with E-state index in [-0.39, 0.29) is 17.2 Å². The highest BCUT2D eigenvalue weighted by Crippen LogP contribution is 2.38. The van der Waals surface area contributed by atoms with Crippen LogP contribution in [0.2, 0.25) is 0 Å². The third-order valence-corrected chi connectivity index (χ3v) is 2.62. The van der Waals surface area contributed by atoms with Crippen molar-refractivity contribution in [2.75, 3.05) is 6.54 Å². The summed E-state index contributed by atoms with van der Waals surface area (Å²) < 4.78 is 0. The van der Waals surface area contributed by atoms with E-state index in [1.807, 2.05) is 0 Å². The molecule has 0 unspecified atom stereocenters. The lowest BCUT2D eigenvalue weighted by Gasteiger charge is -2.17. The Morgan fingerprint density at radius 1 is 1.33 bits per heavy atom. The number of hydrogen-bond donors (Lipinski definition) is 2. The highest BCUT2D eigenvalue weighted by atomic mass is 16.4. The molecule has 0 aromatic heterocycles. The van der Waals surface area contributed by atoms with Gasteiger partial charge in [0.15, 0.2) is 0 Å². The molecule has 1 rings (SSSR count). The van der Waals surface area contributed by atoms with E-state index < -0.39 is 11.9 Å². The van der Waals surface area contributed by atoms with Gasteiger partial charge in [-0.2, -0.15) is 0 Å². The van der Waals surface area contributed by atoms with Crippen LogP contribution in [0.25, 0.3) is 0 Å². The van der Waals surface area contributed by atoms with Gasteiger partial charge in [-0.25, -0.2) is 0 Å². The number of amides is 1. The standard InChI is InChI=1S/C11H19NO3/c1-11(2,3)4-5-12-9(13)7-6-8(7)10(14)15/h7-8H,4-6H2,1-3H3,(H,12,13)(H,14,15)/t7-,8+/m1/s1. The van der Waals surface area contributed by atoms with Gasteiger partial charge in [0.05, 0.1) is 11.8 Å². The fourth-order valence-corrected chi connectivity index (χ4v) is 1.45. The van der Waals surface area contributed by atoms with Gasteiger partial charge in [0.25, 0.3) is 0 Å². The molecule has 1 saturated carbocycles. The Morgan fingerprint density at radius 2 is 1.93 bits per heavy atom. The summed E-state index contributed by atoms with van der Waals surface area (Å²) in [6.45, 7) is 6.95. The van der Waals surface area contributed by atoms with Crippen LogP contribution in [0.15, 0.2) is 0 Å². The van der Waals surface area contributed by atoms with Gasteiger partial charge >= 0.3 is 5.97 Å². The van der Waals surface area contributed by atoms with Gasteiger partial charge in [0.1, 0.15) is 0 Å². The molecule has 0 saturated heterocycles. The van der Waals surface area contributed by atoms with Crippen LogP contribution < -0.4 is 5.32 Å². The van der Waals surface area contributed by atoms with Gasteiger partial charge in [0.2, 0.25) is 5.91 Å². The van der Waals surface area contributed by atoms with E-state index >= 15 is 0 Å². The van der Waals surface area contributed by atoms with Crippen molar-refractivity contribution in [2.45, 2.75) is 33.6 Å². The number of nitrogens with one attached hydrogen (secondary N) is 1. The maximum Gasteiger partial charge on any atom is 0.307 e. The number of carboxylic acids is 1. The van der Waals surface area contributed by atoms with Crippen LogP contribution in [-0.2, 0) is 9.59 Å².